The predicted molar refractivity (Wildman–Crippen MR) is 96.0 cm³/mol. The van der Waals surface area contributed by atoms with Crippen molar-refractivity contribution in [3.8, 4) is 5.75 Å². The highest BCUT2D eigenvalue weighted by atomic mass is 16.5. The molecule has 6 nitrogen and oxygen atoms in total. The summed E-state index contributed by atoms with van der Waals surface area (Å²) in [7, 11) is 0. The molecule has 0 radical (unpaired) electrons. The summed E-state index contributed by atoms with van der Waals surface area (Å²) in [6.07, 6.45) is 1.40. The SMILES string of the molecule is Cc1noc(C)c1CCc1nnc(COc2ccc3ccccc3c2)o1. The molecule has 2 aromatic heterocycles. The van der Waals surface area contributed by atoms with Gasteiger partial charge in [0.2, 0.25) is 5.89 Å². The molecule has 2 heterocycles. The van der Waals surface area contributed by atoms with Crippen LogP contribution in [-0.2, 0) is 19.4 Å². The standard InChI is InChI=1S/C20H19N3O3/c1-13-18(14(2)26-23-13)9-10-19-21-22-20(25-19)12-24-17-8-7-15-5-3-4-6-16(15)11-17/h3-8,11H,9-10,12H2,1-2H3. The van der Waals surface area contributed by atoms with Crippen LogP contribution in [0, 0.1) is 13.8 Å². The minimum atomic E-state index is 0.247. The van der Waals surface area contributed by atoms with E-state index in [4.69, 9.17) is 13.7 Å². The highest BCUT2D eigenvalue weighted by Crippen LogP contribution is 2.21. The third kappa shape index (κ3) is 3.44. The van der Waals surface area contributed by atoms with Gasteiger partial charge in [0.05, 0.1) is 5.69 Å². The molecule has 0 atom stereocenters. The van der Waals surface area contributed by atoms with Crippen LogP contribution in [0.3, 0.4) is 0 Å². The van der Waals surface area contributed by atoms with Crippen LogP contribution in [0.1, 0.15) is 28.8 Å². The fourth-order valence-corrected chi connectivity index (χ4v) is 2.94. The summed E-state index contributed by atoms with van der Waals surface area (Å²) in [6.45, 7) is 4.09. The smallest absolute Gasteiger partial charge is 0.253 e. The zero-order valence-electron chi connectivity index (χ0n) is 14.7. The molecule has 0 bridgehead atoms. The highest BCUT2D eigenvalue weighted by molar-refractivity contribution is 5.83. The van der Waals surface area contributed by atoms with Crippen molar-refractivity contribution < 1.29 is 13.7 Å². The van der Waals surface area contributed by atoms with Crippen LogP contribution in [-0.4, -0.2) is 15.4 Å². The van der Waals surface area contributed by atoms with Crippen molar-refractivity contribution in [3.63, 3.8) is 0 Å². The van der Waals surface area contributed by atoms with E-state index in [9.17, 15) is 0 Å². The van der Waals surface area contributed by atoms with E-state index in [1.165, 1.54) is 5.39 Å². The largest absolute Gasteiger partial charge is 0.484 e. The third-order valence-corrected chi connectivity index (χ3v) is 4.36. The number of hydrogen-bond donors (Lipinski definition) is 0. The van der Waals surface area contributed by atoms with E-state index >= 15 is 0 Å². The first-order valence-electron chi connectivity index (χ1n) is 8.53. The lowest BCUT2D eigenvalue weighted by molar-refractivity contribution is 0.259. The first kappa shape index (κ1) is 16.3. The predicted octanol–water partition coefficient (Wildman–Crippen LogP) is 4.19. The Morgan fingerprint density at radius 3 is 2.54 bits per heavy atom. The number of nitrogens with zero attached hydrogens (tertiary/aromatic N) is 3. The molecule has 0 saturated carbocycles. The van der Waals surface area contributed by atoms with Gasteiger partial charge in [-0.15, -0.1) is 10.2 Å². The van der Waals surface area contributed by atoms with Crippen molar-refractivity contribution in [2.45, 2.75) is 33.3 Å². The number of benzene rings is 2. The van der Waals surface area contributed by atoms with E-state index < -0.39 is 0 Å². The van der Waals surface area contributed by atoms with Gasteiger partial charge in [-0.1, -0.05) is 35.5 Å². The van der Waals surface area contributed by atoms with Crippen molar-refractivity contribution in [1.29, 1.82) is 0 Å². The number of aryl methyl sites for hydroxylation is 3. The molecule has 4 aromatic rings. The Morgan fingerprint density at radius 2 is 1.73 bits per heavy atom. The van der Waals surface area contributed by atoms with Gasteiger partial charge in [-0.2, -0.15) is 0 Å². The molecule has 6 heteroatoms. The van der Waals surface area contributed by atoms with Gasteiger partial charge in [-0.05, 0) is 43.2 Å². The van der Waals surface area contributed by atoms with E-state index in [2.05, 4.69) is 27.5 Å². The summed E-state index contributed by atoms with van der Waals surface area (Å²) in [5, 5.41) is 14.4. The number of rotatable bonds is 6. The van der Waals surface area contributed by atoms with Gasteiger partial charge in [0.15, 0.2) is 6.61 Å². The quantitative estimate of drug-likeness (QED) is 0.519. The maximum absolute atomic E-state index is 5.78. The third-order valence-electron chi connectivity index (χ3n) is 4.36. The van der Waals surface area contributed by atoms with Crippen LogP contribution in [0.2, 0.25) is 0 Å². The molecule has 0 unspecified atom stereocenters. The van der Waals surface area contributed by atoms with E-state index in [0.717, 1.165) is 34.6 Å². The van der Waals surface area contributed by atoms with Crippen LogP contribution in [0.15, 0.2) is 51.4 Å². The Kier molecular flexibility index (Phi) is 4.39. The highest BCUT2D eigenvalue weighted by Gasteiger charge is 2.12. The van der Waals surface area contributed by atoms with Gasteiger partial charge in [0.25, 0.3) is 5.89 Å². The van der Waals surface area contributed by atoms with Crippen molar-refractivity contribution >= 4 is 10.8 Å². The number of hydrogen-bond acceptors (Lipinski definition) is 6. The van der Waals surface area contributed by atoms with Gasteiger partial charge in [-0.25, -0.2) is 0 Å². The van der Waals surface area contributed by atoms with E-state index in [-0.39, 0.29) is 6.61 Å². The summed E-state index contributed by atoms with van der Waals surface area (Å²) < 4.78 is 16.6. The Bertz CT molecular complexity index is 1020. The Morgan fingerprint density at radius 1 is 0.923 bits per heavy atom. The second-order valence-electron chi connectivity index (χ2n) is 6.19. The molecule has 0 N–H and O–H groups in total. The van der Waals surface area contributed by atoms with Crippen LogP contribution < -0.4 is 4.74 Å². The Hall–Kier alpha value is -3.15. The van der Waals surface area contributed by atoms with Crippen molar-refractivity contribution in [2.24, 2.45) is 0 Å². The van der Waals surface area contributed by atoms with Gasteiger partial charge < -0.3 is 13.7 Å². The monoisotopic (exact) mass is 349 g/mol. The molecular formula is C20H19N3O3. The van der Waals surface area contributed by atoms with Gasteiger partial charge in [-0.3, -0.25) is 0 Å². The zero-order valence-corrected chi connectivity index (χ0v) is 14.7. The minimum absolute atomic E-state index is 0.247. The van der Waals surface area contributed by atoms with Crippen LogP contribution in [0.25, 0.3) is 10.8 Å². The van der Waals surface area contributed by atoms with E-state index in [1.54, 1.807) is 0 Å². The Labute approximate surface area is 150 Å². The molecule has 0 aliphatic rings. The topological polar surface area (TPSA) is 74.2 Å². The second kappa shape index (κ2) is 7.00. The molecule has 132 valence electrons. The van der Waals surface area contributed by atoms with Crippen molar-refractivity contribution in [3.05, 3.63) is 71.3 Å². The minimum Gasteiger partial charge on any atom is -0.484 e. The molecule has 0 amide bonds. The number of fused-ring (bicyclic) bond motifs is 1. The lowest BCUT2D eigenvalue weighted by Crippen LogP contribution is -1.95. The fourth-order valence-electron chi connectivity index (χ4n) is 2.94. The zero-order chi connectivity index (χ0) is 17.9. The second-order valence-corrected chi connectivity index (χ2v) is 6.19. The van der Waals surface area contributed by atoms with E-state index in [0.29, 0.717) is 18.2 Å². The maximum atomic E-state index is 5.78. The van der Waals surface area contributed by atoms with Crippen molar-refractivity contribution in [1.82, 2.24) is 15.4 Å². The molecule has 0 aliphatic carbocycles. The molecule has 2 aromatic carbocycles. The summed E-state index contributed by atoms with van der Waals surface area (Å²) in [5.74, 6) is 2.66. The number of aromatic nitrogens is 3. The molecule has 0 aliphatic heterocycles. The van der Waals surface area contributed by atoms with E-state index in [1.807, 2.05) is 44.2 Å². The first-order valence-corrected chi connectivity index (χ1v) is 8.53. The van der Waals surface area contributed by atoms with Crippen molar-refractivity contribution in [2.75, 3.05) is 0 Å². The van der Waals surface area contributed by atoms with Crippen LogP contribution in [0.4, 0.5) is 0 Å². The summed E-state index contributed by atoms with van der Waals surface area (Å²) in [5.41, 5.74) is 2.00. The van der Waals surface area contributed by atoms with Crippen LogP contribution in [0.5, 0.6) is 5.75 Å². The molecule has 0 saturated heterocycles. The lowest BCUT2D eigenvalue weighted by atomic mass is 10.1. The lowest BCUT2D eigenvalue weighted by Gasteiger charge is -2.04. The molecule has 0 fully saturated rings. The molecular weight excluding hydrogens is 330 g/mol. The average molecular weight is 349 g/mol. The molecule has 4 rings (SSSR count). The molecule has 26 heavy (non-hydrogen) atoms. The maximum Gasteiger partial charge on any atom is 0.253 e. The average Bonchev–Trinajstić information content (AvgIpc) is 3.24. The summed E-state index contributed by atoms with van der Waals surface area (Å²) in [6, 6.07) is 14.1. The fraction of sp³-hybridized carbons (Fsp3) is 0.250. The molecule has 0 spiro atoms. The summed E-state index contributed by atoms with van der Waals surface area (Å²) >= 11 is 0. The number of ether oxygens (including phenoxy) is 1. The van der Waals surface area contributed by atoms with Gasteiger partial charge >= 0.3 is 0 Å². The summed E-state index contributed by atoms with van der Waals surface area (Å²) in [4.78, 5) is 0. The van der Waals surface area contributed by atoms with Crippen LogP contribution >= 0.6 is 0 Å². The Balaban J connectivity index is 1.37. The van der Waals surface area contributed by atoms with Gasteiger partial charge in [0.1, 0.15) is 11.5 Å². The van der Waals surface area contributed by atoms with Gasteiger partial charge in [0, 0.05) is 12.0 Å². The first-order chi connectivity index (χ1) is 12.7. The normalized spacial score (nSPS) is 11.2.